The number of aryl methyl sites for hydroxylation is 2. The molecule has 2 aliphatic rings. The summed E-state index contributed by atoms with van der Waals surface area (Å²) in [4.78, 5) is 7.34. The number of rotatable bonds is 3. The fourth-order valence-electron chi connectivity index (χ4n) is 4.88. The fourth-order valence-corrected chi connectivity index (χ4v) is 5.04. The summed E-state index contributed by atoms with van der Waals surface area (Å²) in [7, 11) is 0. The van der Waals surface area contributed by atoms with E-state index in [1.807, 2.05) is 12.1 Å². The quantitative estimate of drug-likeness (QED) is 0.623. The normalized spacial score (nSPS) is 19.9. The molecule has 2 aromatic heterocycles. The number of piperidine rings is 1. The van der Waals surface area contributed by atoms with Gasteiger partial charge in [-0.2, -0.15) is 0 Å². The lowest BCUT2D eigenvalue weighted by Gasteiger charge is -2.39. The van der Waals surface area contributed by atoms with Crippen molar-refractivity contribution in [3.63, 3.8) is 0 Å². The van der Waals surface area contributed by atoms with Crippen molar-refractivity contribution < 1.29 is 4.39 Å². The molecule has 0 bridgehead atoms. The third-order valence-corrected chi connectivity index (χ3v) is 6.34. The Morgan fingerprint density at radius 1 is 1.15 bits per heavy atom. The smallest absolute Gasteiger partial charge is 0.140 e. The van der Waals surface area contributed by atoms with E-state index in [9.17, 15) is 4.39 Å². The monoisotopic (exact) mass is 383 g/mol. The Kier molecular flexibility index (Phi) is 4.41. The maximum Gasteiger partial charge on any atom is 0.140 e. The van der Waals surface area contributed by atoms with Crippen molar-refractivity contribution >= 4 is 22.6 Å². The zero-order valence-electron chi connectivity index (χ0n) is 15.3. The van der Waals surface area contributed by atoms with Gasteiger partial charge in [-0.3, -0.25) is 4.90 Å². The third kappa shape index (κ3) is 3.05. The highest BCUT2D eigenvalue weighted by Crippen LogP contribution is 2.42. The van der Waals surface area contributed by atoms with Gasteiger partial charge in [-0.1, -0.05) is 30.2 Å². The lowest BCUT2D eigenvalue weighted by Crippen LogP contribution is -2.39. The van der Waals surface area contributed by atoms with Crippen LogP contribution in [0.5, 0.6) is 0 Å². The van der Waals surface area contributed by atoms with Crippen molar-refractivity contribution in [2.75, 3.05) is 13.1 Å². The van der Waals surface area contributed by atoms with Crippen LogP contribution in [0.15, 0.2) is 36.5 Å². The standard InChI is InChI=1S/C22H23ClFN3/c23-16-13-18-21-19-3-1-2-10-26(19)11-9-20(21)27(22(18)25-14-16)12-8-15-4-6-17(24)7-5-15/h4-7,13-14,19H,1-3,8-12H2. The van der Waals surface area contributed by atoms with Gasteiger partial charge < -0.3 is 4.57 Å². The van der Waals surface area contributed by atoms with E-state index >= 15 is 0 Å². The number of hydrogen-bond donors (Lipinski definition) is 0. The van der Waals surface area contributed by atoms with Crippen LogP contribution in [-0.2, 0) is 19.4 Å². The first-order valence-corrected chi connectivity index (χ1v) is 10.2. The van der Waals surface area contributed by atoms with Crippen LogP contribution in [-0.4, -0.2) is 27.5 Å². The molecule has 1 unspecified atom stereocenters. The van der Waals surface area contributed by atoms with Crippen LogP contribution >= 0.6 is 11.6 Å². The number of halogens is 2. The van der Waals surface area contributed by atoms with E-state index in [4.69, 9.17) is 16.6 Å². The van der Waals surface area contributed by atoms with Crippen molar-refractivity contribution in [3.8, 4) is 0 Å². The molecule has 2 aliphatic heterocycles. The van der Waals surface area contributed by atoms with Crippen molar-refractivity contribution in [1.82, 2.24) is 14.5 Å². The number of aromatic nitrogens is 2. The number of fused-ring (bicyclic) bond motifs is 5. The van der Waals surface area contributed by atoms with Crippen LogP contribution in [0.3, 0.4) is 0 Å². The minimum absolute atomic E-state index is 0.184. The minimum atomic E-state index is -0.184. The Bertz CT molecular complexity index is 979. The molecule has 1 saturated heterocycles. The molecular formula is C22H23ClFN3. The largest absolute Gasteiger partial charge is 0.329 e. The van der Waals surface area contributed by atoms with Crippen molar-refractivity contribution in [2.24, 2.45) is 0 Å². The van der Waals surface area contributed by atoms with Gasteiger partial charge in [0.05, 0.1) is 5.02 Å². The molecular weight excluding hydrogens is 361 g/mol. The molecule has 0 aliphatic carbocycles. The third-order valence-electron chi connectivity index (χ3n) is 6.14. The zero-order chi connectivity index (χ0) is 18.4. The summed E-state index contributed by atoms with van der Waals surface area (Å²) < 4.78 is 15.6. The molecule has 1 aromatic carbocycles. The van der Waals surface area contributed by atoms with E-state index in [1.165, 1.54) is 54.6 Å². The first kappa shape index (κ1) is 17.2. The molecule has 0 radical (unpaired) electrons. The molecule has 3 nitrogen and oxygen atoms in total. The Morgan fingerprint density at radius 3 is 2.85 bits per heavy atom. The summed E-state index contributed by atoms with van der Waals surface area (Å²) in [6, 6.07) is 9.42. The highest BCUT2D eigenvalue weighted by Gasteiger charge is 2.34. The minimum Gasteiger partial charge on any atom is -0.329 e. The fraction of sp³-hybridized carbons (Fsp3) is 0.409. The second-order valence-electron chi connectivity index (χ2n) is 7.71. The van der Waals surface area contributed by atoms with E-state index in [-0.39, 0.29) is 5.82 Å². The average Bonchev–Trinajstić information content (AvgIpc) is 3.01. The summed E-state index contributed by atoms with van der Waals surface area (Å²) in [5, 5.41) is 1.92. The maximum atomic E-state index is 13.2. The first-order chi connectivity index (χ1) is 13.2. The van der Waals surface area contributed by atoms with Gasteiger partial charge in [0, 0.05) is 42.8 Å². The topological polar surface area (TPSA) is 21.1 Å². The van der Waals surface area contributed by atoms with Crippen LogP contribution in [0, 0.1) is 5.82 Å². The van der Waals surface area contributed by atoms with Crippen LogP contribution in [0.2, 0.25) is 5.02 Å². The Hall–Kier alpha value is -1.91. The average molecular weight is 384 g/mol. The summed E-state index contributed by atoms with van der Waals surface area (Å²) in [5.74, 6) is -0.184. The van der Waals surface area contributed by atoms with Crippen LogP contribution in [0.4, 0.5) is 4.39 Å². The van der Waals surface area contributed by atoms with Crippen molar-refractivity contribution in [1.29, 1.82) is 0 Å². The van der Waals surface area contributed by atoms with Crippen LogP contribution in [0.1, 0.15) is 42.1 Å². The van der Waals surface area contributed by atoms with Crippen LogP contribution in [0.25, 0.3) is 11.0 Å². The van der Waals surface area contributed by atoms with E-state index in [0.29, 0.717) is 11.1 Å². The molecule has 0 amide bonds. The summed E-state index contributed by atoms with van der Waals surface area (Å²) in [5.41, 5.74) is 5.06. The molecule has 0 spiro atoms. The Morgan fingerprint density at radius 2 is 2.00 bits per heavy atom. The van der Waals surface area contributed by atoms with E-state index in [1.54, 1.807) is 6.20 Å². The number of pyridine rings is 1. The van der Waals surface area contributed by atoms with Crippen LogP contribution < -0.4 is 0 Å². The van der Waals surface area contributed by atoms with Crippen molar-refractivity contribution in [3.05, 3.63) is 64.2 Å². The maximum absolute atomic E-state index is 13.2. The van der Waals surface area contributed by atoms with Gasteiger partial charge in [0.15, 0.2) is 0 Å². The second-order valence-corrected chi connectivity index (χ2v) is 8.15. The van der Waals surface area contributed by atoms with E-state index < -0.39 is 0 Å². The van der Waals surface area contributed by atoms with Gasteiger partial charge in [-0.25, -0.2) is 9.37 Å². The van der Waals surface area contributed by atoms with Gasteiger partial charge >= 0.3 is 0 Å². The number of benzene rings is 1. The van der Waals surface area contributed by atoms with E-state index in [2.05, 4.69) is 15.5 Å². The second kappa shape index (κ2) is 6.92. The Labute approximate surface area is 163 Å². The predicted octanol–water partition coefficient (Wildman–Crippen LogP) is 5.15. The highest BCUT2D eigenvalue weighted by atomic mass is 35.5. The van der Waals surface area contributed by atoms with Crippen molar-refractivity contribution in [2.45, 2.75) is 44.7 Å². The van der Waals surface area contributed by atoms with E-state index in [0.717, 1.165) is 37.1 Å². The SMILES string of the molecule is Fc1ccc(CCn2c3c(c4cc(Cl)cnc42)C2CCCCN2CC3)cc1. The molecule has 0 saturated carbocycles. The highest BCUT2D eigenvalue weighted by molar-refractivity contribution is 6.31. The lowest BCUT2D eigenvalue weighted by molar-refractivity contribution is 0.138. The number of hydrogen-bond acceptors (Lipinski definition) is 2. The zero-order valence-corrected chi connectivity index (χ0v) is 16.1. The van der Waals surface area contributed by atoms with Gasteiger partial charge in [0.1, 0.15) is 11.5 Å². The molecule has 5 rings (SSSR count). The Balaban J connectivity index is 1.57. The summed E-state index contributed by atoms with van der Waals surface area (Å²) in [6.07, 6.45) is 7.49. The molecule has 0 N–H and O–H groups in total. The molecule has 5 heteroatoms. The van der Waals surface area contributed by atoms with Gasteiger partial charge in [0.2, 0.25) is 0 Å². The predicted molar refractivity (Wildman–Crippen MR) is 107 cm³/mol. The van der Waals surface area contributed by atoms with Gasteiger partial charge in [-0.05, 0) is 55.1 Å². The summed E-state index contributed by atoms with van der Waals surface area (Å²) in [6.45, 7) is 3.18. The molecule has 3 aromatic rings. The molecule has 27 heavy (non-hydrogen) atoms. The molecule has 4 heterocycles. The molecule has 140 valence electrons. The van der Waals surface area contributed by atoms with Gasteiger partial charge in [0.25, 0.3) is 0 Å². The molecule has 1 fully saturated rings. The molecule has 1 atom stereocenters. The summed E-state index contributed by atoms with van der Waals surface area (Å²) >= 11 is 6.31. The number of nitrogens with zero attached hydrogens (tertiary/aromatic N) is 3. The first-order valence-electron chi connectivity index (χ1n) is 9.86. The van der Waals surface area contributed by atoms with Gasteiger partial charge in [-0.15, -0.1) is 0 Å². The lowest BCUT2D eigenvalue weighted by atomic mass is 9.89.